The molecule has 0 atom stereocenters. The Morgan fingerprint density at radius 1 is 1.40 bits per heavy atom. The second-order valence-corrected chi connectivity index (χ2v) is 4.56. The summed E-state index contributed by atoms with van der Waals surface area (Å²) in [5, 5.41) is 1.83. The lowest BCUT2D eigenvalue weighted by molar-refractivity contribution is -0.115. The molecule has 1 aromatic rings. The summed E-state index contributed by atoms with van der Waals surface area (Å²) in [6.45, 7) is 0. The Morgan fingerprint density at radius 2 is 2.20 bits per heavy atom. The second-order valence-electron chi connectivity index (χ2n) is 2.74. The van der Waals surface area contributed by atoms with Gasteiger partial charge in [0.15, 0.2) is 0 Å². The first kappa shape index (κ1) is 10.4. The lowest BCUT2D eigenvalue weighted by Crippen LogP contribution is -2.17. The molecule has 1 fully saturated rings. The fourth-order valence-electron chi connectivity index (χ4n) is 1.06. The largest absolute Gasteiger partial charge is 0.290 e. The molecule has 0 saturated carbocycles. The molecule has 1 aliphatic heterocycles. The van der Waals surface area contributed by atoms with Crippen molar-refractivity contribution in [1.29, 1.82) is 0 Å². The number of carbonyl (C=O) groups is 2. The summed E-state index contributed by atoms with van der Waals surface area (Å²) >= 11 is 4.10. The van der Waals surface area contributed by atoms with Crippen LogP contribution in [0.5, 0.6) is 0 Å². The van der Waals surface area contributed by atoms with Crippen molar-refractivity contribution in [2.75, 3.05) is 0 Å². The Labute approximate surface area is 98.3 Å². The van der Waals surface area contributed by atoms with Gasteiger partial charge in [0, 0.05) is 0 Å². The summed E-state index contributed by atoms with van der Waals surface area (Å²) in [6, 6.07) is 5.35. The summed E-state index contributed by atoms with van der Waals surface area (Å²) in [5.41, 5.74) is 0.636. The minimum atomic E-state index is -0.369. The number of rotatable bonds is 1. The third-order valence-electron chi connectivity index (χ3n) is 1.66. The zero-order valence-electron chi connectivity index (χ0n) is 7.36. The topological polar surface area (TPSA) is 59.1 Å². The molecule has 15 heavy (non-hydrogen) atoms. The summed E-state index contributed by atoms with van der Waals surface area (Å²) in [7, 11) is 0. The predicted octanol–water partition coefficient (Wildman–Crippen LogP) is 2.17. The molecular weight excluding hydrogens is 280 g/mol. The lowest BCUT2D eigenvalue weighted by atomic mass is 10.3. The van der Waals surface area contributed by atoms with Crippen molar-refractivity contribution in [3.05, 3.63) is 33.4 Å². The van der Waals surface area contributed by atoms with Crippen molar-refractivity contribution in [2.45, 2.75) is 0 Å². The van der Waals surface area contributed by atoms with Crippen LogP contribution in [-0.2, 0) is 4.79 Å². The molecule has 1 aromatic heterocycles. The van der Waals surface area contributed by atoms with Gasteiger partial charge in [0.05, 0.1) is 10.6 Å². The van der Waals surface area contributed by atoms with Crippen molar-refractivity contribution in [3.63, 3.8) is 0 Å². The van der Waals surface area contributed by atoms with Crippen LogP contribution in [0.15, 0.2) is 27.7 Å². The third-order valence-corrected chi connectivity index (χ3v) is 2.91. The molecular formula is C9H5BrN2O2S. The highest BCUT2D eigenvalue weighted by atomic mass is 79.9. The van der Waals surface area contributed by atoms with E-state index >= 15 is 0 Å². The molecule has 1 saturated heterocycles. The van der Waals surface area contributed by atoms with E-state index in [-0.39, 0.29) is 11.1 Å². The van der Waals surface area contributed by atoms with Crippen LogP contribution in [0.25, 0.3) is 6.08 Å². The van der Waals surface area contributed by atoms with Gasteiger partial charge >= 0.3 is 0 Å². The van der Waals surface area contributed by atoms with E-state index in [2.05, 4.69) is 26.2 Å². The van der Waals surface area contributed by atoms with E-state index in [0.29, 0.717) is 15.2 Å². The number of carbonyl (C=O) groups excluding carboxylic acids is 2. The normalized spacial score (nSPS) is 18.3. The van der Waals surface area contributed by atoms with Crippen LogP contribution < -0.4 is 5.32 Å². The maximum atomic E-state index is 11.2. The SMILES string of the molecule is O=C1NC(=O)/C(=C\c2cccc(Br)n2)S1. The summed E-state index contributed by atoms with van der Waals surface area (Å²) in [5.74, 6) is -0.369. The van der Waals surface area contributed by atoms with Gasteiger partial charge < -0.3 is 0 Å². The second kappa shape index (κ2) is 4.16. The van der Waals surface area contributed by atoms with Crippen LogP contribution >= 0.6 is 27.7 Å². The number of thioether (sulfide) groups is 1. The molecule has 0 spiro atoms. The Kier molecular flexibility index (Phi) is 2.88. The van der Waals surface area contributed by atoms with E-state index in [1.54, 1.807) is 18.2 Å². The van der Waals surface area contributed by atoms with Gasteiger partial charge in [-0.1, -0.05) is 6.07 Å². The van der Waals surface area contributed by atoms with Gasteiger partial charge in [-0.2, -0.15) is 0 Å². The number of hydrogen-bond acceptors (Lipinski definition) is 4. The maximum absolute atomic E-state index is 11.2. The van der Waals surface area contributed by atoms with Crippen molar-refractivity contribution >= 4 is 44.9 Å². The Balaban J connectivity index is 2.31. The van der Waals surface area contributed by atoms with Gasteiger partial charge in [-0.15, -0.1) is 0 Å². The van der Waals surface area contributed by atoms with Gasteiger partial charge in [-0.05, 0) is 45.9 Å². The summed E-state index contributed by atoms with van der Waals surface area (Å²) in [6.07, 6.45) is 1.58. The number of halogens is 1. The van der Waals surface area contributed by atoms with Crippen LogP contribution in [0.3, 0.4) is 0 Å². The predicted molar refractivity (Wildman–Crippen MR) is 61.0 cm³/mol. The van der Waals surface area contributed by atoms with Crippen LogP contribution in [0, 0.1) is 0 Å². The van der Waals surface area contributed by atoms with E-state index in [4.69, 9.17) is 0 Å². The number of pyridine rings is 1. The van der Waals surface area contributed by atoms with Gasteiger partial charge in [0.2, 0.25) is 0 Å². The quantitative estimate of drug-likeness (QED) is 0.634. The third kappa shape index (κ3) is 2.45. The number of amides is 2. The number of imide groups is 1. The van der Waals surface area contributed by atoms with Crippen LogP contribution in [0.2, 0.25) is 0 Å². The first-order valence-electron chi connectivity index (χ1n) is 4.02. The number of nitrogens with one attached hydrogen (secondary N) is 1. The van der Waals surface area contributed by atoms with Crippen molar-refractivity contribution in [2.24, 2.45) is 0 Å². The highest BCUT2D eigenvalue weighted by molar-refractivity contribution is 9.10. The molecule has 2 heterocycles. The highest BCUT2D eigenvalue weighted by Crippen LogP contribution is 2.25. The van der Waals surface area contributed by atoms with E-state index in [1.165, 1.54) is 0 Å². The number of hydrogen-bond donors (Lipinski definition) is 1. The molecule has 1 N–H and O–H groups in total. The van der Waals surface area contributed by atoms with Gasteiger partial charge in [-0.25, -0.2) is 4.98 Å². The highest BCUT2D eigenvalue weighted by Gasteiger charge is 2.24. The van der Waals surface area contributed by atoms with Crippen LogP contribution in [-0.4, -0.2) is 16.1 Å². The lowest BCUT2D eigenvalue weighted by Gasteiger charge is -1.94. The van der Waals surface area contributed by atoms with E-state index in [0.717, 1.165) is 11.8 Å². The Bertz CT molecular complexity index is 473. The molecule has 4 nitrogen and oxygen atoms in total. The zero-order chi connectivity index (χ0) is 10.8. The first-order valence-corrected chi connectivity index (χ1v) is 5.63. The van der Waals surface area contributed by atoms with E-state index < -0.39 is 0 Å². The molecule has 2 rings (SSSR count). The molecule has 0 unspecified atom stereocenters. The molecule has 6 heteroatoms. The minimum absolute atomic E-state index is 0.346. The molecule has 0 aromatic carbocycles. The molecule has 0 radical (unpaired) electrons. The number of aromatic nitrogens is 1. The average Bonchev–Trinajstić information content (AvgIpc) is 2.45. The molecule has 76 valence electrons. The van der Waals surface area contributed by atoms with Crippen molar-refractivity contribution in [3.8, 4) is 0 Å². The monoisotopic (exact) mass is 284 g/mol. The minimum Gasteiger partial charge on any atom is -0.282 e. The van der Waals surface area contributed by atoms with Crippen LogP contribution in [0.1, 0.15) is 5.69 Å². The fraction of sp³-hybridized carbons (Fsp3) is 0. The van der Waals surface area contributed by atoms with Gasteiger partial charge in [-0.3, -0.25) is 14.9 Å². The Hall–Kier alpha value is -1.14. The molecule has 2 amide bonds. The number of nitrogens with zero attached hydrogens (tertiary/aromatic N) is 1. The van der Waals surface area contributed by atoms with E-state index in [9.17, 15) is 9.59 Å². The van der Waals surface area contributed by atoms with Gasteiger partial charge in [0.1, 0.15) is 4.60 Å². The first-order chi connectivity index (χ1) is 7.15. The molecule has 0 aliphatic carbocycles. The standard InChI is InChI=1S/C9H5BrN2O2S/c10-7-3-1-2-5(11-7)4-6-8(13)12-9(14)15-6/h1-4H,(H,12,13,14)/b6-4+. The fourth-order valence-corrected chi connectivity index (χ4v) is 2.08. The summed E-state index contributed by atoms with van der Waals surface area (Å²) < 4.78 is 0.687. The van der Waals surface area contributed by atoms with E-state index in [1.807, 2.05) is 6.07 Å². The summed E-state index contributed by atoms with van der Waals surface area (Å²) in [4.78, 5) is 26.6. The molecule has 0 bridgehead atoms. The van der Waals surface area contributed by atoms with Gasteiger partial charge in [0.25, 0.3) is 11.1 Å². The van der Waals surface area contributed by atoms with Crippen LogP contribution in [0.4, 0.5) is 4.79 Å². The average molecular weight is 285 g/mol. The van der Waals surface area contributed by atoms with Crippen molar-refractivity contribution in [1.82, 2.24) is 10.3 Å². The van der Waals surface area contributed by atoms with Crippen molar-refractivity contribution < 1.29 is 9.59 Å². The zero-order valence-corrected chi connectivity index (χ0v) is 9.76. The Morgan fingerprint density at radius 3 is 2.80 bits per heavy atom. The molecule has 1 aliphatic rings. The maximum Gasteiger partial charge on any atom is 0.290 e. The smallest absolute Gasteiger partial charge is 0.282 e.